The van der Waals surface area contributed by atoms with Crippen molar-refractivity contribution >= 4 is 38.6 Å². The Kier molecular flexibility index (Phi) is 7.54. The standard InChI is InChI=1S/C26H32N6O2S/c33-23(28-21-10-13-30(14-11-21)19-20-5-2-1-3-6-20)8-9-24(34)31-15-17-32(18-16-31)26-29-22-7-4-12-27-25(22)35-26/h1-7,12,21H,8-11,13-19H2,(H,28,33). The summed E-state index contributed by atoms with van der Waals surface area (Å²) in [6, 6.07) is 14.6. The minimum absolute atomic E-state index is 0.0135. The minimum Gasteiger partial charge on any atom is -0.353 e. The predicted molar refractivity (Wildman–Crippen MR) is 138 cm³/mol. The molecule has 2 amide bonds. The Hall–Kier alpha value is -3.04. The van der Waals surface area contributed by atoms with E-state index in [1.54, 1.807) is 17.5 Å². The number of pyridine rings is 1. The highest BCUT2D eigenvalue weighted by atomic mass is 32.1. The molecule has 1 N–H and O–H groups in total. The second-order valence-electron chi connectivity index (χ2n) is 9.30. The van der Waals surface area contributed by atoms with Gasteiger partial charge in [0.15, 0.2) is 5.13 Å². The van der Waals surface area contributed by atoms with Crippen molar-refractivity contribution < 1.29 is 9.59 Å². The number of benzene rings is 1. The van der Waals surface area contributed by atoms with Crippen molar-refractivity contribution in [2.75, 3.05) is 44.2 Å². The number of carbonyl (C=O) groups excluding carboxylic acids is 2. The van der Waals surface area contributed by atoms with Gasteiger partial charge in [-0.25, -0.2) is 9.97 Å². The Balaban J connectivity index is 0.999. The number of rotatable bonds is 7. The van der Waals surface area contributed by atoms with Crippen LogP contribution in [-0.4, -0.2) is 76.9 Å². The molecule has 184 valence electrons. The Morgan fingerprint density at radius 2 is 1.71 bits per heavy atom. The third kappa shape index (κ3) is 6.15. The molecule has 0 spiro atoms. The third-order valence-corrected chi connectivity index (χ3v) is 7.87. The van der Waals surface area contributed by atoms with E-state index in [1.807, 2.05) is 23.1 Å². The monoisotopic (exact) mass is 492 g/mol. The van der Waals surface area contributed by atoms with E-state index >= 15 is 0 Å². The lowest BCUT2D eigenvalue weighted by Gasteiger charge is -2.34. The summed E-state index contributed by atoms with van der Waals surface area (Å²) in [5.41, 5.74) is 2.24. The molecule has 9 heteroatoms. The number of piperidine rings is 1. The van der Waals surface area contributed by atoms with Gasteiger partial charge in [-0.3, -0.25) is 14.5 Å². The van der Waals surface area contributed by atoms with Crippen molar-refractivity contribution in [3.05, 3.63) is 54.2 Å². The zero-order valence-electron chi connectivity index (χ0n) is 19.9. The quantitative estimate of drug-likeness (QED) is 0.546. The molecule has 5 rings (SSSR count). The maximum Gasteiger partial charge on any atom is 0.223 e. The molecule has 0 atom stereocenters. The Morgan fingerprint density at radius 1 is 0.943 bits per heavy atom. The number of thiazole rings is 1. The normalized spacial score (nSPS) is 17.6. The number of carbonyl (C=O) groups is 2. The van der Waals surface area contributed by atoms with Gasteiger partial charge in [-0.1, -0.05) is 41.7 Å². The first-order chi connectivity index (χ1) is 17.1. The molecular formula is C26H32N6O2S. The fraction of sp³-hybridized carbons (Fsp3) is 0.462. The molecule has 0 bridgehead atoms. The molecule has 2 aliphatic rings. The number of hydrogen-bond acceptors (Lipinski definition) is 7. The lowest BCUT2D eigenvalue weighted by molar-refractivity contribution is -0.134. The average Bonchev–Trinajstić information content (AvgIpc) is 3.34. The lowest BCUT2D eigenvalue weighted by Crippen LogP contribution is -2.49. The summed E-state index contributed by atoms with van der Waals surface area (Å²) in [6.45, 7) is 5.73. The summed E-state index contributed by atoms with van der Waals surface area (Å²) in [4.78, 5) is 41.7. The largest absolute Gasteiger partial charge is 0.353 e. The molecule has 4 heterocycles. The Morgan fingerprint density at radius 3 is 2.46 bits per heavy atom. The number of piperazine rings is 1. The molecule has 0 aliphatic carbocycles. The van der Waals surface area contributed by atoms with E-state index in [0.717, 1.165) is 61.0 Å². The summed E-state index contributed by atoms with van der Waals surface area (Å²) in [5, 5.41) is 4.10. The topological polar surface area (TPSA) is 81.7 Å². The van der Waals surface area contributed by atoms with E-state index < -0.39 is 0 Å². The van der Waals surface area contributed by atoms with Crippen molar-refractivity contribution in [1.29, 1.82) is 0 Å². The Labute approximate surface area is 209 Å². The van der Waals surface area contributed by atoms with Crippen LogP contribution in [0, 0.1) is 0 Å². The zero-order chi connectivity index (χ0) is 24.0. The third-order valence-electron chi connectivity index (χ3n) is 6.83. The SMILES string of the molecule is O=C(CCC(=O)N1CCN(c2nc3cccnc3s2)CC1)NC1CCN(Cc2ccccc2)CC1. The lowest BCUT2D eigenvalue weighted by atomic mass is 10.0. The van der Waals surface area contributed by atoms with Gasteiger partial charge in [-0.15, -0.1) is 0 Å². The van der Waals surface area contributed by atoms with Gasteiger partial charge in [0, 0.05) is 70.9 Å². The van der Waals surface area contributed by atoms with Gasteiger partial charge in [-0.2, -0.15) is 0 Å². The van der Waals surface area contributed by atoms with Crippen LogP contribution in [0.2, 0.25) is 0 Å². The van der Waals surface area contributed by atoms with Crippen LogP contribution in [0.5, 0.6) is 0 Å². The minimum atomic E-state index is -0.0135. The fourth-order valence-corrected chi connectivity index (χ4v) is 5.76. The number of hydrogen-bond donors (Lipinski definition) is 1. The maximum atomic E-state index is 12.7. The number of anilines is 1. The number of nitrogens with zero attached hydrogens (tertiary/aromatic N) is 5. The van der Waals surface area contributed by atoms with Gasteiger partial charge in [-0.05, 0) is 30.5 Å². The molecule has 8 nitrogen and oxygen atoms in total. The highest BCUT2D eigenvalue weighted by molar-refractivity contribution is 7.21. The molecule has 0 radical (unpaired) electrons. The summed E-state index contributed by atoms with van der Waals surface area (Å²) in [6.07, 6.45) is 4.22. The fourth-order valence-electron chi connectivity index (χ4n) is 4.80. The molecule has 2 saturated heterocycles. The summed E-state index contributed by atoms with van der Waals surface area (Å²) in [5.74, 6) is 0.0453. The van der Waals surface area contributed by atoms with Crippen molar-refractivity contribution in [2.24, 2.45) is 0 Å². The van der Waals surface area contributed by atoms with E-state index in [9.17, 15) is 9.59 Å². The van der Waals surface area contributed by atoms with E-state index in [1.165, 1.54) is 5.56 Å². The van der Waals surface area contributed by atoms with Crippen LogP contribution in [0.25, 0.3) is 10.3 Å². The second kappa shape index (κ2) is 11.1. The number of likely N-dealkylation sites (tertiary alicyclic amines) is 1. The van der Waals surface area contributed by atoms with E-state index in [0.29, 0.717) is 13.1 Å². The van der Waals surface area contributed by atoms with E-state index in [4.69, 9.17) is 0 Å². The number of nitrogens with one attached hydrogen (secondary N) is 1. The smallest absolute Gasteiger partial charge is 0.223 e. The first kappa shape index (κ1) is 23.7. The molecule has 3 aromatic rings. The van der Waals surface area contributed by atoms with Crippen molar-refractivity contribution in [1.82, 2.24) is 25.1 Å². The van der Waals surface area contributed by atoms with Crippen LogP contribution < -0.4 is 10.2 Å². The van der Waals surface area contributed by atoms with Crippen molar-refractivity contribution in [3.8, 4) is 0 Å². The molecule has 2 aliphatic heterocycles. The van der Waals surface area contributed by atoms with Crippen LogP contribution in [0.1, 0.15) is 31.2 Å². The second-order valence-corrected chi connectivity index (χ2v) is 10.3. The van der Waals surface area contributed by atoms with E-state index in [-0.39, 0.29) is 30.7 Å². The van der Waals surface area contributed by atoms with Crippen LogP contribution in [0.4, 0.5) is 5.13 Å². The molecule has 35 heavy (non-hydrogen) atoms. The predicted octanol–water partition coefficient (Wildman–Crippen LogP) is 2.90. The van der Waals surface area contributed by atoms with Gasteiger partial charge < -0.3 is 15.1 Å². The van der Waals surface area contributed by atoms with Crippen molar-refractivity contribution in [3.63, 3.8) is 0 Å². The highest BCUT2D eigenvalue weighted by Crippen LogP contribution is 2.27. The molecule has 0 unspecified atom stereocenters. The molecule has 2 fully saturated rings. The molecule has 2 aromatic heterocycles. The summed E-state index contributed by atoms with van der Waals surface area (Å²) in [7, 11) is 0. The number of amides is 2. The number of fused-ring (bicyclic) bond motifs is 1. The molecular weight excluding hydrogens is 460 g/mol. The Bertz CT molecular complexity index is 1100. The van der Waals surface area contributed by atoms with Crippen molar-refractivity contribution in [2.45, 2.75) is 38.3 Å². The van der Waals surface area contributed by atoms with Gasteiger partial charge in [0.2, 0.25) is 11.8 Å². The first-order valence-electron chi connectivity index (χ1n) is 12.4. The van der Waals surface area contributed by atoms with E-state index in [2.05, 4.69) is 49.4 Å². The molecule has 1 aromatic carbocycles. The van der Waals surface area contributed by atoms with Crippen LogP contribution in [0.15, 0.2) is 48.7 Å². The average molecular weight is 493 g/mol. The summed E-state index contributed by atoms with van der Waals surface area (Å²) >= 11 is 1.59. The van der Waals surface area contributed by atoms with Crippen LogP contribution >= 0.6 is 11.3 Å². The van der Waals surface area contributed by atoms with Gasteiger partial charge >= 0.3 is 0 Å². The number of aromatic nitrogens is 2. The maximum absolute atomic E-state index is 12.7. The highest BCUT2D eigenvalue weighted by Gasteiger charge is 2.25. The van der Waals surface area contributed by atoms with Crippen LogP contribution in [0.3, 0.4) is 0 Å². The van der Waals surface area contributed by atoms with Gasteiger partial charge in [0.05, 0.1) is 0 Å². The van der Waals surface area contributed by atoms with Gasteiger partial charge in [0.1, 0.15) is 10.3 Å². The van der Waals surface area contributed by atoms with Crippen LogP contribution in [-0.2, 0) is 16.1 Å². The zero-order valence-corrected chi connectivity index (χ0v) is 20.8. The van der Waals surface area contributed by atoms with Gasteiger partial charge in [0.25, 0.3) is 0 Å². The molecule has 0 saturated carbocycles. The summed E-state index contributed by atoms with van der Waals surface area (Å²) < 4.78 is 0. The first-order valence-corrected chi connectivity index (χ1v) is 13.3.